The third-order valence-corrected chi connectivity index (χ3v) is 3.90. The third-order valence-electron chi connectivity index (χ3n) is 2.87. The normalized spacial score (nSPS) is 15.9. The first-order valence-electron chi connectivity index (χ1n) is 5.56. The SMILES string of the molecule is O=C(O)[C@H](CO)NC(=O)N1CCc2sccc2C1. The number of urea groups is 1. The van der Waals surface area contributed by atoms with Crippen molar-refractivity contribution in [2.75, 3.05) is 13.2 Å². The van der Waals surface area contributed by atoms with Gasteiger partial charge in [-0.3, -0.25) is 0 Å². The topological polar surface area (TPSA) is 89.9 Å². The Morgan fingerprint density at radius 1 is 1.56 bits per heavy atom. The van der Waals surface area contributed by atoms with Gasteiger partial charge in [0, 0.05) is 18.0 Å². The Morgan fingerprint density at radius 3 is 3.00 bits per heavy atom. The van der Waals surface area contributed by atoms with E-state index in [1.165, 1.54) is 4.88 Å². The van der Waals surface area contributed by atoms with Gasteiger partial charge in [0.15, 0.2) is 6.04 Å². The minimum atomic E-state index is -1.25. The van der Waals surface area contributed by atoms with Crippen molar-refractivity contribution in [1.82, 2.24) is 10.2 Å². The van der Waals surface area contributed by atoms with E-state index in [1.54, 1.807) is 16.2 Å². The number of hydrogen-bond acceptors (Lipinski definition) is 4. The van der Waals surface area contributed by atoms with Gasteiger partial charge in [0.05, 0.1) is 6.61 Å². The molecule has 0 bridgehead atoms. The Hall–Kier alpha value is -1.60. The van der Waals surface area contributed by atoms with Crippen molar-refractivity contribution in [2.24, 2.45) is 0 Å². The highest BCUT2D eigenvalue weighted by molar-refractivity contribution is 7.10. The standard InChI is InChI=1S/C11H14N2O4S/c14-6-8(10(15)16)12-11(17)13-3-1-9-7(5-13)2-4-18-9/h2,4,8,14H,1,3,5-6H2,(H,12,17)(H,15,16)/t8-/m0/s1. The van der Waals surface area contributed by atoms with Crippen molar-refractivity contribution < 1.29 is 19.8 Å². The van der Waals surface area contributed by atoms with Crippen LogP contribution in [0.5, 0.6) is 0 Å². The van der Waals surface area contributed by atoms with Crippen LogP contribution >= 0.6 is 11.3 Å². The number of carbonyl (C=O) groups excluding carboxylic acids is 1. The van der Waals surface area contributed by atoms with Gasteiger partial charge in [-0.15, -0.1) is 11.3 Å². The van der Waals surface area contributed by atoms with Gasteiger partial charge in [-0.1, -0.05) is 0 Å². The third kappa shape index (κ3) is 2.62. The van der Waals surface area contributed by atoms with Crippen LogP contribution in [0.4, 0.5) is 4.79 Å². The lowest BCUT2D eigenvalue weighted by atomic mass is 10.1. The summed E-state index contributed by atoms with van der Waals surface area (Å²) in [6.07, 6.45) is 0.789. The van der Waals surface area contributed by atoms with Crippen LogP contribution in [0.2, 0.25) is 0 Å². The molecule has 0 fully saturated rings. The number of nitrogens with one attached hydrogen (secondary N) is 1. The lowest BCUT2D eigenvalue weighted by Gasteiger charge is -2.28. The summed E-state index contributed by atoms with van der Waals surface area (Å²) in [5.74, 6) is -1.24. The highest BCUT2D eigenvalue weighted by Gasteiger charge is 2.25. The molecule has 3 N–H and O–H groups in total. The molecule has 18 heavy (non-hydrogen) atoms. The largest absolute Gasteiger partial charge is 0.480 e. The van der Waals surface area contributed by atoms with E-state index in [-0.39, 0.29) is 0 Å². The average molecular weight is 270 g/mol. The van der Waals surface area contributed by atoms with Crippen LogP contribution in [-0.4, -0.2) is 46.3 Å². The number of carboxylic acid groups (broad SMARTS) is 1. The number of carbonyl (C=O) groups is 2. The quantitative estimate of drug-likeness (QED) is 0.735. The van der Waals surface area contributed by atoms with Crippen molar-refractivity contribution in [3.63, 3.8) is 0 Å². The van der Waals surface area contributed by atoms with E-state index in [4.69, 9.17) is 10.2 Å². The van der Waals surface area contributed by atoms with Crippen LogP contribution in [0.15, 0.2) is 11.4 Å². The molecule has 0 saturated carbocycles. The number of aliphatic carboxylic acids is 1. The summed E-state index contributed by atoms with van der Waals surface area (Å²) in [4.78, 5) is 25.4. The monoisotopic (exact) mass is 270 g/mol. The van der Waals surface area contributed by atoms with E-state index >= 15 is 0 Å². The second-order valence-electron chi connectivity index (χ2n) is 4.06. The second-order valence-corrected chi connectivity index (χ2v) is 5.06. The smallest absolute Gasteiger partial charge is 0.328 e. The van der Waals surface area contributed by atoms with Crippen LogP contribution in [0.1, 0.15) is 10.4 Å². The Morgan fingerprint density at radius 2 is 2.33 bits per heavy atom. The van der Waals surface area contributed by atoms with Crippen LogP contribution in [-0.2, 0) is 17.8 Å². The first-order valence-corrected chi connectivity index (χ1v) is 6.44. The molecular weight excluding hydrogens is 256 g/mol. The van der Waals surface area contributed by atoms with E-state index < -0.39 is 24.6 Å². The number of thiophene rings is 1. The summed E-state index contributed by atoms with van der Waals surface area (Å²) < 4.78 is 0. The molecule has 2 heterocycles. The van der Waals surface area contributed by atoms with Crippen molar-refractivity contribution >= 4 is 23.3 Å². The number of aliphatic hydroxyl groups is 1. The molecule has 0 saturated heterocycles. The summed E-state index contributed by atoms with van der Waals surface area (Å²) in [6, 6.07) is 0.273. The highest BCUT2D eigenvalue weighted by Crippen LogP contribution is 2.23. The van der Waals surface area contributed by atoms with E-state index in [9.17, 15) is 9.59 Å². The summed E-state index contributed by atoms with van der Waals surface area (Å²) in [5, 5.41) is 21.9. The fourth-order valence-corrected chi connectivity index (χ4v) is 2.74. The van der Waals surface area contributed by atoms with Crippen molar-refractivity contribution in [3.8, 4) is 0 Å². The summed E-state index contributed by atoms with van der Waals surface area (Å²) in [7, 11) is 0. The van der Waals surface area contributed by atoms with E-state index in [0.717, 1.165) is 12.0 Å². The summed E-state index contributed by atoms with van der Waals surface area (Å²) >= 11 is 1.67. The van der Waals surface area contributed by atoms with Crippen molar-refractivity contribution in [3.05, 3.63) is 21.9 Å². The Bertz CT molecular complexity index is 460. The van der Waals surface area contributed by atoms with Gasteiger partial charge >= 0.3 is 12.0 Å². The molecule has 0 aliphatic carbocycles. The van der Waals surface area contributed by atoms with E-state index in [1.807, 2.05) is 11.4 Å². The number of rotatable bonds is 3. The number of hydrogen-bond donors (Lipinski definition) is 3. The van der Waals surface area contributed by atoms with Crippen molar-refractivity contribution in [2.45, 2.75) is 19.0 Å². The minimum absolute atomic E-state index is 0.451. The van der Waals surface area contributed by atoms with Gasteiger partial charge in [-0.25, -0.2) is 9.59 Å². The maximum atomic E-state index is 11.8. The van der Waals surface area contributed by atoms with Gasteiger partial charge < -0.3 is 20.4 Å². The zero-order valence-electron chi connectivity index (χ0n) is 9.63. The molecule has 7 heteroatoms. The van der Waals surface area contributed by atoms with Gasteiger partial charge in [-0.2, -0.15) is 0 Å². The number of carboxylic acids is 1. The zero-order valence-corrected chi connectivity index (χ0v) is 10.4. The van der Waals surface area contributed by atoms with Gasteiger partial charge in [-0.05, 0) is 23.4 Å². The predicted octanol–water partition coefficient (Wildman–Crippen LogP) is 0.261. The molecule has 1 aromatic heterocycles. The van der Waals surface area contributed by atoms with Gasteiger partial charge in [0.1, 0.15) is 0 Å². The molecule has 1 atom stereocenters. The van der Waals surface area contributed by atoms with Crippen LogP contribution in [0.25, 0.3) is 0 Å². The molecule has 98 valence electrons. The van der Waals surface area contributed by atoms with Crippen LogP contribution in [0, 0.1) is 0 Å². The molecule has 0 spiro atoms. The lowest BCUT2D eigenvalue weighted by molar-refractivity contribution is -0.140. The minimum Gasteiger partial charge on any atom is -0.480 e. The molecular formula is C11H14N2O4S. The number of amides is 2. The maximum Gasteiger partial charge on any atom is 0.328 e. The molecule has 1 aliphatic heterocycles. The lowest BCUT2D eigenvalue weighted by Crippen LogP contribution is -2.50. The zero-order chi connectivity index (χ0) is 13.1. The molecule has 2 rings (SSSR count). The second kappa shape index (κ2) is 5.36. The first kappa shape index (κ1) is 12.8. The van der Waals surface area contributed by atoms with Crippen LogP contribution in [0.3, 0.4) is 0 Å². The summed E-state index contributed by atoms with van der Waals surface area (Å²) in [6.45, 7) is 0.443. The number of fused-ring (bicyclic) bond motifs is 1. The molecule has 6 nitrogen and oxygen atoms in total. The average Bonchev–Trinajstić information content (AvgIpc) is 2.82. The van der Waals surface area contributed by atoms with Crippen molar-refractivity contribution in [1.29, 1.82) is 0 Å². The Kier molecular flexibility index (Phi) is 3.83. The van der Waals surface area contributed by atoms with Crippen LogP contribution < -0.4 is 5.32 Å². The fraction of sp³-hybridized carbons (Fsp3) is 0.455. The molecule has 2 amide bonds. The molecule has 1 aromatic rings. The Labute approximate surface area is 108 Å². The number of aliphatic hydroxyl groups excluding tert-OH is 1. The molecule has 0 aromatic carbocycles. The predicted molar refractivity (Wildman–Crippen MR) is 65.5 cm³/mol. The van der Waals surface area contributed by atoms with Gasteiger partial charge in [0.2, 0.25) is 0 Å². The van der Waals surface area contributed by atoms with E-state index in [0.29, 0.717) is 13.1 Å². The fourth-order valence-electron chi connectivity index (χ4n) is 1.85. The summed E-state index contributed by atoms with van der Waals surface area (Å²) in [5.41, 5.74) is 1.11. The maximum absolute atomic E-state index is 11.8. The first-order chi connectivity index (χ1) is 8.61. The molecule has 0 radical (unpaired) electrons. The number of nitrogens with zero attached hydrogens (tertiary/aromatic N) is 1. The van der Waals surface area contributed by atoms with E-state index in [2.05, 4.69) is 5.32 Å². The molecule has 0 unspecified atom stereocenters. The Balaban J connectivity index is 1.97. The highest BCUT2D eigenvalue weighted by atomic mass is 32.1. The van der Waals surface area contributed by atoms with Gasteiger partial charge in [0.25, 0.3) is 0 Å². The molecule has 1 aliphatic rings.